The van der Waals surface area contributed by atoms with Crippen LogP contribution in [0.3, 0.4) is 0 Å². The molecule has 1 aromatic carbocycles. The molecular weight excluding hydrogens is 345 g/mol. The fourth-order valence-corrected chi connectivity index (χ4v) is 3.79. The highest BCUT2D eigenvalue weighted by atomic mass is 19.1. The van der Waals surface area contributed by atoms with Crippen LogP contribution < -0.4 is 0 Å². The number of aromatic amines is 1. The summed E-state index contributed by atoms with van der Waals surface area (Å²) in [4.78, 5) is 14.8. The summed E-state index contributed by atoms with van der Waals surface area (Å²) < 4.78 is 15.0. The number of benzene rings is 1. The van der Waals surface area contributed by atoms with Crippen molar-refractivity contribution >= 4 is 5.91 Å². The molecule has 1 aliphatic rings. The van der Waals surface area contributed by atoms with E-state index < -0.39 is 0 Å². The number of piperidine rings is 1. The van der Waals surface area contributed by atoms with Crippen LogP contribution in [0.4, 0.5) is 4.39 Å². The second-order valence-electron chi connectivity index (χ2n) is 6.83. The van der Waals surface area contributed by atoms with E-state index in [2.05, 4.69) is 15.3 Å². The number of nitrogens with one attached hydrogen (secondary N) is 1. The topological polar surface area (TPSA) is 66.8 Å². The standard InChI is InChI=1S/C20H22FN5O/c1-2-26-18(9-10-23-26)20(27)25-11-3-4-15(13-25)19-17(12-22-24-19)14-5-7-16(21)8-6-14/h5-10,12,15H,2-4,11,13H2,1H3,(H,22,24). The number of carbonyl (C=O) groups is 1. The third kappa shape index (κ3) is 3.37. The van der Waals surface area contributed by atoms with Crippen LogP contribution in [-0.2, 0) is 6.54 Å². The highest BCUT2D eigenvalue weighted by Gasteiger charge is 2.29. The highest BCUT2D eigenvalue weighted by molar-refractivity contribution is 5.92. The first-order chi connectivity index (χ1) is 13.2. The maximum atomic E-state index is 13.2. The monoisotopic (exact) mass is 367 g/mol. The van der Waals surface area contributed by atoms with Gasteiger partial charge in [-0.25, -0.2) is 4.39 Å². The number of halogens is 1. The van der Waals surface area contributed by atoms with Gasteiger partial charge in [-0.2, -0.15) is 10.2 Å². The summed E-state index contributed by atoms with van der Waals surface area (Å²) in [6.07, 6.45) is 5.35. The lowest BCUT2D eigenvalue weighted by Crippen LogP contribution is -2.40. The van der Waals surface area contributed by atoms with Gasteiger partial charge in [-0.3, -0.25) is 14.6 Å². The number of rotatable bonds is 4. The van der Waals surface area contributed by atoms with Gasteiger partial charge in [0.2, 0.25) is 0 Å². The van der Waals surface area contributed by atoms with Crippen LogP contribution in [0.2, 0.25) is 0 Å². The van der Waals surface area contributed by atoms with Crippen LogP contribution in [0.1, 0.15) is 41.9 Å². The van der Waals surface area contributed by atoms with Crippen molar-refractivity contribution in [1.29, 1.82) is 0 Å². The van der Waals surface area contributed by atoms with Crippen LogP contribution in [0, 0.1) is 5.82 Å². The van der Waals surface area contributed by atoms with E-state index in [0.717, 1.165) is 36.2 Å². The summed E-state index contributed by atoms with van der Waals surface area (Å²) in [6.45, 7) is 4.01. The Hall–Kier alpha value is -2.96. The Morgan fingerprint density at radius 3 is 2.89 bits per heavy atom. The largest absolute Gasteiger partial charge is 0.337 e. The van der Waals surface area contributed by atoms with Gasteiger partial charge in [0.25, 0.3) is 5.91 Å². The van der Waals surface area contributed by atoms with Gasteiger partial charge in [0.15, 0.2) is 0 Å². The van der Waals surface area contributed by atoms with E-state index in [1.165, 1.54) is 12.1 Å². The van der Waals surface area contributed by atoms with E-state index in [-0.39, 0.29) is 17.6 Å². The van der Waals surface area contributed by atoms with E-state index in [4.69, 9.17) is 0 Å². The van der Waals surface area contributed by atoms with E-state index in [0.29, 0.717) is 18.8 Å². The predicted octanol–water partition coefficient (Wildman–Crippen LogP) is 3.45. The molecule has 6 nitrogen and oxygen atoms in total. The summed E-state index contributed by atoms with van der Waals surface area (Å²) in [7, 11) is 0. The minimum Gasteiger partial charge on any atom is -0.337 e. The lowest BCUT2D eigenvalue weighted by Gasteiger charge is -2.32. The predicted molar refractivity (Wildman–Crippen MR) is 99.8 cm³/mol. The minimum absolute atomic E-state index is 0.0156. The average molecular weight is 367 g/mol. The van der Waals surface area contributed by atoms with Gasteiger partial charge >= 0.3 is 0 Å². The Kier molecular flexibility index (Phi) is 4.75. The Balaban J connectivity index is 1.57. The second-order valence-corrected chi connectivity index (χ2v) is 6.83. The Morgan fingerprint density at radius 2 is 2.11 bits per heavy atom. The van der Waals surface area contributed by atoms with Crippen molar-refractivity contribution < 1.29 is 9.18 Å². The van der Waals surface area contributed by atoms with E-state index in [1.807, 2.05) is 11.8 Å². The number of aryl methyl sites for hydroxylation is 1. The number of hydrogen-bond donors (Lipinski definition) is 1. The molecule has 1 atom stereocenters. The lowest BCUT2D eigenvalue weighted by molar-refractivity contribution is 0.0693. The molecule has 0 bridgehead atoms. The van der Waals surface area contributed by atoms with Crippen LogP contribution in [-0.4, -0.2) is 43.9 Å². The number of aromatic nitrogens is 4. The van der Waals surface area contributed by atoms with Gasteiger partial charge in [0.1, 0.15) is 11.5 Å². The minimum atomic E-state index is -0.259. The number of carbonyl (C=O) groups excluding carboxylic acids is 1. The molecule has 140 valence electrons. The molecule has 1 fully saturated rings. The van der Waals surface area contributed by atoms with Gasteiger partial charge in [-0.15, -0.1) is 0 Å². The number of H-pyrrole nitrogens is 1. The van der Waals surface area contributed by atoms with Crippen molar-refractivity contribution in [1.82, 2.24) is 24.9 Å². The number of likely N-dealkylation sites (tertiary alicyclic amines) is 1. The molecule has 0 radical (unpaired) electrons. The average Bonchev–Trinajstić information content (AvgIpc) is 3.37. The molecule has 0 aliphatic carbocycles. The Morgan fingerprint density at radius 1 is 1.30 bits per heavy atom. The Bertz CT molecular complexity index is 930. The molecule has 4 rings (SSSR count). The molecule has 1 amide bonds. The van der Waals surface area contributed by atoms with Crippen molar-refractivity contribution in [2.45, 2.75) is 32.2 Å². The molecule has 1 saturated heterocycles. The molecule has 1 N–H and O–H groups in total. The molecule has 0 spiro atoms. The van der Waals surface area contributed by atoms with Gasteiger partial charge in [-0.1, -0.05) is 12.1 Å². The van der Waals surface area contributed by atoms with Crippen LogP contribution in [0.5, 0.6) is 0 Å². The number of hydrogen-bond acceptors (Lipinski definition) is 3. The zero-order valence-electron chi connectivity index (χ0n) is 15.2. The van der Waals surface area contributed by atoms with Gasteiger partial charge in [0.05, 0.1) is 6.20 Å². The SMILES string of the molecule is CCn1nccc1C(=O)N1CCCC(c2[nH]ncc2-c2ccc(F)cc2)C1. The van der Waals surface area contributed by atoms with E-state index in [1.54, 1.807) is 35.3 Å². The van der Waals surface area contributed by atoms with Gasteiger partial charge in [0, 0.05) is 43.0 Å². The molecule has 1 aliphatic heterocycles. The van der Waals surface area contributed by atoms with Gasteiger partial charge < -0.3 is 4.90 Å². The fraction of sp³-hybridized carbons (Fsp3) is 0.350. The quantitative estimate of drug-likeness (QED) is 0.768. The zero-order valence-corrected chi connectivity index (χ0v) is 15.2. The summed E-state index contributed by atoms with van der Waals surface area (Å²) >= 11 is 0. The first kappa shape index (κ1) is 17.5. The van der Waals surface area contributed by atoms with Gasteiger partial charge in [-0.05, 0) is 43.5 Å². The highest BCUT2D eigenvalue weighted by Crippen LogP contribution is 2.33. The maximum absolute atomic E-state index is 13.2. The molecule has 7 heteroatoms. The normalized spacial score (nSPS) is 17.3. The third-order valence-electron chi connectivity index (χ3n) is 5.18. The second kappa shape index (κ2) is 7.34. The molecular formula is C20H22FN5O. The lowest BCUT2D eigenvalue weighted by atomic mass is 9.90. The zero-order chi connectivity index (χ0) is 18.8. The number of nitrogens with zero attached hydrogens (tertiary/aromatic N) is 4. The molecule has 1 unspecified atom stereocenters. The first-order valence-corrected chi connectivity index (χ1v) is 9.27. The van der Waals surface area contributed by atoms with Crippen molar-refractivity contribution in [3.05, 3.63) is 59.9 Å². The van der Waals surface area contributed by atoms with Crippen LogP contribution in [0.25, 0.3) is 11.1 Å². The van der Waals surface area contributed by atoms with Crippen LogP contribution >= 0.6 is 0 Å². The van der Waals surface area contributed by atoms with E-state index in [9.17, 15) is 9.18 Å². The third-order valence-corrected chi connectivity index (χ3v) is 5.18. The Labute approximate surface area is 157 Å². The molecule has 3 heterocycles. The van der Waals surface area contributed by atoms with Crippen molar-refractivity contribution in [3.8, 4) is 11.1 Å². The van der Waals surface area contributed by atoms with E-state index >= 15 is 0 Å². The molecule has 2 aromatic heterocycles. The molecule has 0 saturated carbocycles. The fourth-order valence-electron chi connectivity index (χ4n) is 3.79. The van der Waals surface area contributed by atoms with Crippen molar-refractivity contribution in [2.75, 3.05) is 13.1 Å². The molecule has 3 aromatic rings. The van der Waals surface area contributed by atoms with Crippen molar-refractivity contribution in [2.24, 2.45) is 0 Å². The summed E-state index contributed by atoms with van der Waals surface area (Å²) in [5, 5.41) is 11.5. The smallest absolute Gasteiger partial charge is 0.272 e. The molecule has 27 heavy (non-hydrogen) atoms. The summed E-state index contributed by atoms with van der Waals surface area (Å²) in [5.74, 6) is -0.0732. The first-order valence-electron chi connectivity index (χ1n) is 9.27. The summed E-state index contributed by atoms with van der Waals surface area (Å²) in [5.41, 5.74) is 3.52. The summed E-state index contributed by atoms with van der Waals surface area (Å²) in [6, 6.07) is 8.20. The number of amides is 1. The van der Waals surface area contributed by atoms with Crippen LogP contribution in [0.15, 0.2) is 42.7 Å². The maximum Gasteiger partial charge on any atom is 0.272 e. The van der Waals surface area contributed by atoms with Crippen molar-refractivity contribution in [3.63, 3.8) is 0 Å².